The van der Waals surface area contributed by atoms with Gasteiger partial charge in [0.15, 0.2) is 0 Å². The van der Waals surface area contributed by atoms with Gasteiger partial charge in [-0.3, -0.25) is 0 Å². The first-order valence-electron chi connectivity index (χ1n) is 7.19. The van der Waals surface area contributed by atoms with Crippen LogP contribution >= 0.6 is 15.9 Å². The molecular formula is C15H24BrN3. The molecule has 0 saturated carbocycles. The van der Waals surface area contributed by atoms with E-state index in [0.29, 0.717) is 0 Å². The quantitative estimate of drug-likeness (QED) is 0.787. The third-order valence-electron chi connectivity index (χ3n) is 3.55. The van der Waals surface area contributed by atoms with E-state index in [-0.39, 0.29) is 0 Å². The maximum Gasteiger partial charge on any atom is 0.0484 e. The monoisotopic (exact) mass is 325 g/mol. The van der Waals surface area contributed by atoms with Crippen molar-refractivity contribution in [1.29, 1.82) is 0 Å². The zero-order chi connectivity index (χ0) is 13.5. The Kier molecular flexibility index (Phi) is 6.14. The Balaban J connectivity index is 1.61. The second-order valence-corrected chi connectivity index (χ2v) is 6.06. The zero-order valence-corrected chi connectivity index (χ0v) is 13.3. The van der Waals surface area contributed by atoms with Crippen LogP contribution in [0.15, 0.2) is 22.7 Å². The van der Waals surface area contributed by atoms with Crippen LogP contribution in [0.25, 0.3) is 0 Å². The van der Waals surface area contributed by atoms with Crippen molar-refractivity contribution in [2.75, 3.05) is 44.6 Å². The van der Waals surface area contributed by atoms with E-state index in [2.05, 4.69) is 56.6 Å². The molecule has 0 unspecified atom stereocenters. The number of nitrogens with one attached hydrogen (secondary N) is 2. The van der Waals surface area contributed by atoms with Crippen molar-refractivity contribution in [3.8, 4) is 0 Å². The zero-order valence-electron chi connectivity index (χ0n) is 11.7. The van der Waals surface area contributed by atoms with Crippen LogP contribution in [0.4, 0.5) is 5.69 Å². The molecule has 1 heterocycles. The molecule has 0 aliphatic carbocycles. The van der Waals surface area contributed by atoms with Crippen molar-refractivity contribution in [2.24, 2.45) is 0 Å². The van der Waals surface area contributed by atoms with Crippen LogP contribution in [0.2, 0.25) is 0 Å². The molecule has 1 saturated heterocycles. The summed E-state index contributed by atoms with van der Waals surface area (Å²) < 4.78 is 1.16. The van der Waals surface area contributed by atoms with E-state index >= 15 is 0 Å². The fourth-order valence-electron chi connectivity index (χ4n) is 2.38. The number of halogens is 1. The van der Waals surface area contributed by atoms with E-state index in [1.165, 1.54) is 43.7 Å². The van der Waals surface area contributed by atoms with Crippen molar-refractivity contribution >= 4 is 21.6 Å². The van der Waals surface area contributed by atoms with Gasteiger partial charge in [-0.1, -0.05) is 6.07 Å². The van der Waals surface area contributed by atoms with Crippen LogP contribution in [0.3, 0.4) is 0 Å². The lowest BCUT2D eigenvalue weighted by molar-refractivity contribution is 0.237. The Hall–Kier alpha value is -0.580. The summed E-state index contributed by atoms with van der Waals surface area (Å²) in [6.07, 6.45) is 2.50. The number of piperazine rings is 1. The minimum atomic E-state index is 1.05. The van der Waals surface area contributed by atoms with Crippen LogP contribution in [0.1, 0.15) is 18.4 Å². The Morgan fingerprint density at radius 2 is 2.05 bits per heavy atom. The second-order valence-electron chi connectivity index (χ2n) is 5.21. The Labute approximate surface area is 124 Å². The molecule has 1 aromatic carbocycles. The molecule has 0 amide bonds. The van der Waals surface area contributed by atoms with Gasteiger partial charge in [-0.25, -0.2) is 0 Å². The maximum atomic E-state index is 3.60. The van der Waals surface area contributed by atoms with Crippen LogP contribution in [0.5, 0.6) is 0 Å². The van der Waals surface area contributed by atoms with Gasteiger partial charge in [0, 0.05) is 42.9 Å². The molecule has 0 spiro atoms. The highest BCUT2D eigenvalue weighted by Gasteiger charge is 2.08. The van der Waals surface area contributed by atoms with E-state index in [9.17, 15) is 0 Å². The highest BCUT2D eigenvalue weighted by Crippen LogP contribution is 2.23. The third-order valence-corrected chi connectivity index (χ3v) is 4.21. The topological polar surface area (TPSA) is 27.3 Å². The van der Waals surface area contributed by atoms with Crippen LogP contribution in [-0.4, -0.2) is 44.2 Å². The van der Waals surface area contributed by atoms with Crippen molar-refractivity contribution < 1.29 is 0 Å². The smallest absolute Gasteiger partial charge is 0.0484 e. The van der Waals surface area contributed by atoms with Gasteiger partial charge in [0.05, 0.1) is 0 Å². The number of anilines is 1. The number of nitrogens with zero attached hydrogens (tertiary/aromatic N) is 1. The van der Waals surface area contributed by atoms with E-state index in [4.69, 9.17) is 0 Å². The summed E-state index contributed by atoms with van der Waals surface area (Å²) in [6, 6.07) is 6.45. The van der Waals surface area contributed by atoms with Gasteiger partial charge in [-0.15, -0.1) is 0 Å². The van der Waals surface area contributed by atoms with Crippen molar-refractivity contribution in [3.63, 3.8) is 0 Å². The fraction of sp³-hybridized carbons (Fsp3) is 0.600. The first-order chi connectivity index (χ1) is 9.25. The maximum absolute atomic E-state index is 3.60. The minimum Gasteiger partial charge on any atom is -0.384 e. The lowest BCUT2D eigenvalue weighted by Gasteiger charge is -2.27. The first kappa shape index (κ1) is 14.8. The average Bonchev–Trinajstić information content (AvgIpc) is 2.42. The molecule has 1 aliphatic heterocycles. The molecule has 106 valence electrons. The molecule has 0 atom stereocenters. The summed E-state index contributed by atoms with van der Waals surface area (Å²) in [5.41, 5.74) is 2.49. The molecule has 1 aromatic rings. The molecule has 1 aliphatic rings. The van der Waals surface area contributed by atoms with Gasteiger partial charge in [-0.05, 0) is 59.9 Å². The summed E-state index contributed by atoms with van der Waals surface area (Å²) in [4.78, 5) is 2.55. The molecule has 2 rings (SSSR count). The molecule has 2 N–H and O–H groups in total. The summed E-state index contributed by atoms with van der Waals surface area (Å²) in [5, 5.41) is 6.89. The van der Waals surface area contributed by atoms with Gasteiger partial charge in [0.25, 0.3) is 0 Å². The Morgan fingerprint density at radius 1 is 1.26 bits per heavy atom. The Bertz CT molecular complexity index is 389. The largest absolute Gasteiger partial charge is 0.384 e. The lowest BCUT2D eigenvalue weighted by atomic mass is 10.2. The first-order valence-corrected chi connectivity index (χ1v) is 7.98. The van der Waals surface area contributed by atoms with E-state index in [0.717, 1.165) is 24.1 Å². The van der Waals surface area contributed by atoms with Gasteiger partial charge < -0.3 is 15.5 Å². The highest BCUT2D eigenvalue weighted by atomic mass is 79.9. The minimum absolute atomic E-state index is 1.05. The number of benzene rings is 1. The van der Waals surface area contributed by atoms with Gasteiger partial charge >= 0.3 is 0 Å². The second kappa shape index (κ2) is 7.88. The summed E-state index contributed by atoms with van der Waals surface area (Å²) in [6.45, 7) is 9.10. The predicted octanol–water partition coefficient (Wildman–Crippen LogP) is 2.85. The van der Waals surface area contributed by atoms with Crippen molar-refractivity contribution in [2.45, 2.75) is 19.8 Å². The lowest BCUT2D eigenvalue weighted by Crippen LogP contribution is -2.43. The van der Waals surface area contributed by atoms with Crippen LogP contribution in [0, 0.1) is 6.92 Å². The standard InChI is InChI=1S/C15H24BrN3/c1-13-4-5-15(14(16)12-13)18-6-2-3-9-19-10-7-17-8-11-19/h4-5,12,17-18H,2-3,6-11H2,1H3. The SMILES string of the molecule is Cc1ccc(NCCCCN2CCNCC2)c(Br)c1. The molecule has 19 heavy (non-hydrogen) atoms. The molecule has 0 bridgehead atoms. The van der Waals surface area contributed by atoms with E-state index in [1.54, 1.807) is 0 Å². The van der Waals surface area contributed by atoms with Gasteiger partial charge in [0.2, 0.25) is 0 Å². The number of rotatable bonds is 6. The van der Waals surface area contributed by atoms with E-state index in [1.807, 2.05) is 0 Å². The highest BCUT2D eigenvalue weighted by molar-refractivity contribution is 9.10. The molecule has 0 aromatic heterocycles. The normalized spacial score (nSPS) is 16.5. The summed E-state index contributed by atoms with van der Waals surface area (Å²) in [7, 11) is 0. The molecular weight excluding hydrogens is 302 g/mol. The number of hydrogen-bond acceptors (Lipinski definition) is 3. The average molecular weight is 326 g/mol. The number of unbranched alkanes of at least 4 members (excludes halogenated alkanes) is 1. The number of hydrogen-bond donors (Lipinski definition) is 2. The van der Waals surface area contributed by atoms with Crippen molar-refractivity contribution in [1.82, 2.24) is 10.2 Å². The summed E-state index contributed by atoms with van der Waals surface area (Å²) in [5.74, 6) is 0. The van der Waals surface area contributed by atoms with Crippen molar-refractivity contribution in [3.05, 3.63) is 28.2 Å². The predicted molar refractivity (Wildman–Crippen MR) is 85.9 cm³/mol. The molecule has 0 radical (unpaired) electrons. The van der Waals surface area contributed by atoms with Gasteiger partial charge in [-0.2, -0.15) is 0 Å². The fourth-order valence-corrected chi connectivity index (χ4v) is 3.02. The molecule has 1 fully saturated rings. The number of aryl methyl sites for hydroxylation is 1. The summed E-state index contributed by atoms with van der Waals surface area (Å²) >= 11 is 3.60. The molecule has 3 nitrogen and oxygen atoms in total. The van der Waals surface area contributed by atoms with Crippen LogP contribution < -0.4 is 10.6 Å². The Morgan fingerprint density at radius 3 is 2.79 bits per heavy atom. The van der Waals surface area contributed by atoms with E-state index < -0.39 is 0 Å². The molecule has 4 heteroatoms. The van der Waals surface area contributed by atoms with Gasteiger partial charge in [0.1, 0.15) is 0 Å². The van der Waals surface area contributed by atoms with Crippen LogP contribution in [-0.2, 0) is 0 Å². The third kappa shape index (κ3) is 5.13.